The molecule has 0 bridgehead atoms. The van der Waals surface area contributed by atoms with Gasteiger partial charge in [-0.2, -0.15) is 0 Å². The van der Waals surface area contributed by atoms with Gasteiger partial charge in [-0.25, -0.2) is 4.79 Å². The molecule has 5 heteroatoms. The van der Waals surface area contributed by atoms with Crippen LogP contribution in [0, 0.1) is 0 Å². The van der Waals surface area contributed by atoms with Crippen LogP contribution in [0.4, 0.5) is 4.79 Å². The van der Waals surface area contributed by atoms with Crippen LogP contribution in [-0.2, 0) is 14.3 Å². The minimum atomic E-state index is -0.473. The van der Waals surface area contributed by atoms with E-state index < -0.39 is 5.60 Å². The zero-order valence-electron chi connectivity index (χ0n) is 11.6. The maximum Gasteiger partial charge on any atom is 0.407 e. The molecular formula is C13H23NO4. The van der Waals surface area contributed by atoms with E-state index in [1.165, 1.54) is 6.92 Å². The van der Waals surface area contributed by atoms with Gasteiger partial charge >= 0.3 is 12.1 Å². The molecule has 0 spiro atoms. The first-order valence-electron chi connectivity index (χ1n) is 6.43. The Morgan fingerprint density at radius 1 is 1.11 bits per heavy atom. The van der Waals surface area contributed by atoms with Gasteiger partial charge in [-0.1, -0.05) is 0 Å². The van der Waals surface area contributed by atoms with E-state index in [0.717, 1.165) is 25.7 Å². The number of rotatable bonds is 2. The van der Waals surface area contributed by atoms with Gasteiger partial charge in [0.15, 0.2) is 0 Å². The smallest absolute Gasteiger partial charge is 0.407 e. The van der Waals surface area contributed by atoms with E-state index in [2.05, 4.69) is 5.32 Å². The molecule has 0 heterocycles. The van der Waals surface area contributed by atoms with E-state index in [1.807, 2.05) is 20.8 Å². The molecule has 1 saturated carbocycles. The Labute approximate surface area is 108 Å². The molecule has 1 aliphatic carbocycles. The van der Waals surface area contributed by atoms with Crippen molar-refractivity contribution in [3.63, 3.8) is 0 Å². The number of alkyl carbamates (subject to hydrolysis) is 1. The highest BCUT2D eigenvalue weighted by molar-refractivity contribution is 5.68. The third-order valence-corrected chi connectivity index (χ3v) is 2.73. The fourth-order valence-electron chi connectivity index (χ4n) is 2.03. The minimum absolute atomic E-state index is 0.000753. The number of carbonyl (C=O) groups excluding carboxylic acids is 2. The van der Waals surface area contributed by atoms with Crippen LogP contribution < -0.4 is 5.32 Å². The molecule has 1 fully saturated rings. The second-order valence-corrected chi connectivity index (χ2v) is 5.73. The van der Waals surface area contributed by atoms with Crippen molar-refractivity contribution in [2.24, 2.45) is 0 Å². The summed E-state index contributed by atoms with van der Waals surface area (Å²) in [4.78, 5) is 22.4. The van der Waals surface area contributed by atoms with Crippen LogP contribution in [0.15, 0.2) is 0 Å². The van der Waals surface area contributed by atoms with Crippen molar-refractivity contribution in [3.05, 3.63) is 0 Å². The number of carbonyl (C=O) groups is 2. The molecule has 1 N–H and O–H groups in total. The maximum absolute atomic E-state index is 11.6. The first-order chi connectivity index (χ1) is 8.26. The monoisotopic (exact) mass is 257 g/mol. The van der Waals surface area contributed by atoms with Crippen molar-refractivity contribution in [2.45, 2.75) is 71.1 Å². The van der Waals surface area contributed by atoms with Gasteiger partial charge in [0.25, 0.3) is 0 Å². The van der Waals surface area contributed by atoms with Gasteiger partial charge in [-0.3, -0.25) is 4.79 Å². The average molecular weight is 257 g/mol. The van der Waals surface area contributed by atoms with Gasteiger partial charge in [0.1, 0.15) is 11.7 Å². The zero-order chi connectivity index (χ0) is 13.8. The summed E-state index contributed by atoms with van der Waals surface area (Å²) in [6.45, 7) is 6.93. The Kier molecular flexibility index (Phi) is 4.99. The lowest BCUT2D eigenvalue weighted by Crippen LogP contribution is -2.42. The van der Waals surface area contributed by atoms with Crippen LogP contribution in [0.5, 0.6) is 0 Å². The fraction of sp³-hybridized carbons (Fsp3) is 0.846. The standard InChI is InChI=1S/C13H23NO4/c1-9(15)17-11-7-5-10(6-8-11)14-12(16)18-13(2,3)4/h10-11H,5-8H2,1-4H3,(H,14,16). The Morgan fingerprint density at radius 2 is 1.67 bits per heavy atom. The summed E-state index contributed by atoms with van der Waals surface area (Å²) >= 11 is 0. The molecule has 0 saturated heterocycles. The second-order valence-electron chi connectivity index (χ2n) is 5.73. The molecule has 0 aromatic carbocycles. The fourth-order valence-corrected chi connectivity index (χ4v) is 2.03. The van der Waals surface area contributed by atoms with Gasteiger partial charge < -0.3 is 14.8 Å². The number of hydrogen-bond donors (Lipinski definition) is 1. The lowest BCUT2D eigenvalue weighted by atomic mass is 9.93. The van der Waals surface area contributed by atoms with Gasteiger partial charge in [0, 0.05) is 13.0 Å². The maximum atomic E-state index is 11.6. The quantitative estimate of drug-likeness (QED) is 0.771. The molecule has 0 atom stereocenters. The predicted octanol–water partition coefficient (Wildman–Crippen LogP) is 2.39. The highest BCUT2D eigenvalue weighted by Gasteiger charge is 2.25. The van der Waals surface area contributed by atoms with E-state index in [-0.39, 0.29) is 24.2 Å². The first-order valence-corrected chi connectivity index (χ1v) is 6.43. The number of hydrogen-bond acceptors (Lipinski definition) is 4. The molecule has 1 aliphatic rings. The third-order valence-electron chi connectivity index (χ3n) is 2.73. The topological polar surface area (TPSA) is 64.6 Å². The van der Waals surface area contributed by atoms with E-state index in [1.54, 1.807) is 0 Å². The van der Waals surface area contributed by atoms with Crippen molar-refractivity contribution >= 4 is 12.1 Å². The number of amides is 1. The van der Waals surface area contributed by atoms with Crippen LogP contribution in [0.2, 0.25) is 0 Å². The molecular weight excluding hydrogens is 234 g/mol. The Morgan fingerprint density at radius 3 is 2.11 bits per heavy atom. The molecule has 0 aliphatic heterocycles. The van der Waals surface area contributed by atoms with E-state index in [9.17, 15) is 9.59 Å². The van der Waals surface area contributed by atoms with Crippen LogP contribution in [-0.4, -0.2) is 29.8 Å². The second kappa shape index (κ2) is 6.07. The molecule has 18 heavy (non-hydrogen) atoms. The number of esters is 1. The van der Waals surface area contributed by atoms with Gasteiger partial charge in [-0.05, 0) is 46.5 Å². The number of nitrogens with one attached hydrogen (secondary N) is 1. The van der Waals surface area contributed by atoms with E-state index in [4.69, 9.17) is 9.47 Å². The molecule has 0 aromatic heterocycles. The Hall–Kier alpha value is -1.26. The van der Waals surface area contributed by atoms with Gasteiger partial charge in [-0.15, -0.1) is 0 Å². The van der Waals surface area contributed by atoms with Gasteiger partial charge in [0.2, 0.25) is 0 Å². The Bertz CT molecular complexity index is 301. The highest BCUT2D eigenvalue weighted by Crippen LogP contribution is 2.21. The van der Waals surface area contributed by atoms with Gasteiger partial charge in [0.05, 0.1) is 0 Å². The summed E-state index contributed by atoms with van der Waals surface area (Å²) in [5.74, 6) is -0.237. The van der Waals surface area contributed by atoms with E-state index >= 15 is 0 Å². The summed E-state index contributed by atoms with van der Waals surface area (Å²) in [6.07, 6.45) is 2.84. The lowest BCUT2D eigenvalue weighted by Gasteiger charge is -2.29. The van der Waals surface area contributed by atoms with E-state index in [0.29, 0.717) is 0 Å². The molecule has 0 unspecified atom stereocenters. The highest BCUT2D eigenvalue weighted by atomic mass is 16.6. The Balaban J connectivity index is 2.27. The van der Waals surface area contributed by atoms with Crippen molar-refractivity contribution in [2.75, 3.05) is 0 Å². The van der Waals surface area contributed by atoms with Crippen molar-refractivity contribution < 1.29 is 19.1 Å². The lowest BCUT2D eigenvalue weighted by molar-refractivity contribution is -0.147. The first kappa shape index (κ1) is 14.8. The number of ether oxygens (including phenoxy) is 2. The molecule has 104 valence electrons. The normalized spacial score (nSPS) is 24.2. The largest absolute Gasteiger partial charge is 0.463 e. The molecule has 0 radical (unpaired) electrons. The average Bonchev–Trinajstić information content (AvgIpc) is 2.17. The van der Waals surface area contributed by atoms with Crippen molar-refractivity contribution in [1.82, 2.24) is 5.32 Å². The SMILES string of the molecule is CC(=O)OC1CCC(NC(=O)OC(C)(C)C)CC1. The third kappa shape index (κ3) is 5.89. The van der Waals surface area contributed by atoms with Crippen LogP contribution in [0.3, 0.4) is 0 Å². The summed E-state index contributed by atoms with van der Waals surface area (Å²) in [6, 6.07) is 0.117. The zero-order valence-corrected chi connectivity index (χ0v) is 11.6. The molecule has 1 rings (SSSR count). The molecule has 5 nitrogen and oxygen atoms in total. The minimum Gasteiger partial charge on any atom is -0.463 e. The summed E-state index contributed by atoms with van der Waals surface area (Å²) in [7, 11) is 0. The van der Waals surface area contributed by atoms with Crippen LogP contribution in [0.25, 0.3) is 0 Å². The molecule has 1 amide bonds. The predicted molar refractivity (Wildman–Crippen MR) is 67.2 cm³/mol. The van der Waals surface area contributed by atoms with Crippen molar-refractivity contribution in [1.29, 1.82) is 0 Å². The van der Waals surface area contributed by atoms with Crippen LogP contribution in [0.1, 0.15) is 53.4 Å². The van der Waals surface area contributed by atoms with Crippen molar-refractivity contribution in [3.8, 4) is 0 Å². The van der Waals surface area contributed by atoms with Crippen LogP contribution >= 0.6 is 0 Å². The summed E-state index contributed by atoms with van der Waals surface area (Å²) in [5, 5.41) is 2.85. The summed E-state index contributed by atoms with van der Waals surface area (Å²) < 4.78 is 10.3. The molecule has 0 aromatic rings. The summed E-state index contributed by atoms with van der Waals surface area (Å²) in [5.41, 5.74) is -0.473.